The lowest BCUT2D eigenvalue weighted by atomic mass is 10.1. The van der Waals surface area contributed by atoms with Crippen LogP contribution in [-0.2, 0) is 0 Å². The molecular weight excluding hydrogens is 270 g/mol. The Labute approximate surface area is 109 Å². The monoisotopic (exact) mass is 278 g/mol. The summed E-state index contributed by atoms with van der Waals surface area (Å²) >= 11 is 0. The topological polar surface area (TPSA) is 94.4 Å². The van der Waals surface area contributed by atoms with Gasteiger partial charge >= 0.3 is 5.69 Å². The molecule has 1 aromatic carbocycles. The molecule has 0 aliphatic rings. The van der Waals surface area contributed by atoms with Crippen LogP contribution in [0.1, 0.15) is 5.56 Å². The fourth-order valence-corrected chi connectivity index (χ4v) is 1.90. The molecule has 3 aromatic rings. The number of nitrogens with zero attached hydrogens (tertiary/aromatic N) is 1. The number of rotatable bonds is 1. The van der Waals surface area contributed by atoms with Crippen LogP contribution in [0.3, 0.4) is 0 Å². The maximum Gasteiger partial charge on any atom is 0.327 e. The van der Waals surface area contributed by atoms with Gasteiger partial charge < -0.3 is 4.98 Å². The van der Waals surface area contributed by atoms with Crippen molar-refractivity contribution < 1.29 is 8.78 Å². The summed E-state index contributed by atoms with van der Waals surface area (Å²) in [6, 6.07) is 2.01. The van der Waals surface area contributed by atoms with E-state index in [1.807, 2.05) is 4.98 Å². The van der Waals surface area contributed by atoms with E-state index >= 15 is 0 Å². The second-order valence-corrected chi connectivity index (χ2v) is 4.30. The maximum atomic E-state index is 13.8. The molecule has 0 bridgehead atoms. The lowest BCUT2D eigenvalue weighted by molar-refractivity contribution is 0.579. The smallest absolute Gasteiger partial charge is 0.327 e. The largest absolute Gasteiger partial charge is 0.332 e. The summed E-state index contributed by atoms with van der Waals surface area (Å²) in [6.07, 6.45) is 0. The van der Waals surface area contributed by atoms with Crippen molar-refractivity contribution in [1.82, 2.24) is 19.9 Å². The van der Waals surface area contributed by atoms with Crippen molar-refractivity contribution in [2.75, 3.05) is 0 Å². The Morgan fingerprint density at radius 1 is 1.05 bits per heavy atom. The standard InChI is InChI=1S/C12H8F2N4O2/c1-4-2-5(7(14)3-6(4)13)9-15-8-10(16-9)17-12(20)18-11(8)19/h2-3H,1H3,(H3,15,16,17,18,19,20). The molecule has 0 atom stereocenters. The molecule has 0 spiro atoms. The summed E-state index contributed by atoms with van der Waals surface area (Å²) in [5, 5.41) is 0. The van der Waals surface area contributed by atoms with Crippen LogP contribution in [0.4, 0.5) is 8.78 Å². The summed E-state index contributed by atoms with van der Waals surface area (Å²) in [5.74, 6) is -1.45. The number of nitrogens with one attached hydrogen (secondary N) is 3. The van der Waals surface area contributed by atoms with Gasteiger partial charge in [0.1, 0.15) is 23.0 Å². The van der Waals surface area contributed by atoms with Gasteiger partial charge in [0.2, 0.25) is 0 Å². The second kappa shape index (κ2) is 4.12. The zero-order valence-corrected chi connectivity index (χ0v) is 10.2. The van der Waals surface area contributed by atoms with Gasteiger partial charge in [0.25, 0.3) is 5.56 Å². The first-order valence-electron chi connectivity index (χ1n) is 5.64. The van der Waals surface area contributed by atoms with E-state index < -0.39 is 22.9 Å². The number of H-pyrrole nitrogens is 3. The van der Waals surface area contributed by atoms with Crippen LogP contribution in [0.25, 0.3) is 22.6 Å². The summed E-state index contributed by atoms with van der Waals surface area (Å²) in [7, 11) is 0. The summed E-state index contributed by atoms with van der Waals surface area (Å²) in [4.78, 5) is 33.6. The predicted octanol–water partition coefficient (Wildman–Crippen LogP) is 1.19. The Balaban J connectivity index is 2.31. The first kappa shape index (κ1) is 12.3. The minimum Gasteiger partial charge on any atom is -0.332 e. The Hall–Kier alpha value is -2.77. The SMILES string of the molecule is Cc1cc(-c2nc3[nH]c(=O)[nH]c(=O)c3[nH]2)c(F)cc1F. The van der Waals surface area contributed by atoms with Gasteiger partial charge in [-0.3, -0.25) is 14.8 Å². The summed E-state index contributed by atoms with van der Waals surface area (Å²) in [6.45, 7) is 1.48. The van der Waals surface area contributed by atoms with Gasteiger partial charge in [0, 0.05) is 6.07 Å². The molecule has 0 fully saturated rings. The molecule has 2 aromatic heterocycles. The van der Waals surface area contributed by atoms with Gasteiger partial charge in [0.05, 0.1) is 5.56 Å². The van der Waals surface area contributed by atoms with E-state index in [0.717, 1.165) is 6.07 Å². The van der Waals surface area contributed by atoms with E-state index in [4.69, 9.17) is 0 Å². The van der Waals surface area contributed by atoms with Gasteiger partial charge in [-0.05, 0) is 18.6 Å². The number of aromatic nitrogens is 4. The molecule has 20 heavy (non-hydrogen) atoms. The number of hydrogen-bond acceptors (Lipinski definition) is 3. The van der Waals surface area contributed by atoms with Gasteiger partial charge in [-0.25, -0.2) is 18.6 Å². The van der Waals surface area contributed by atoms with E-state index in [1.54, 1.807) is 0 Å². The molecular formula is C12H8F2N4O2. The molecule has 102 valence electrons. The minimum absolute atomic E-state index is 0.00938. The molecule has 8 heteroatoms. The Bertz CT molecular complexity index is 939. The fourth-order valence-electron chi connectivity index (χ4n) is 1.90. The zero-order chi connectivity index (χ0) is 14.4. The van der Waals surface area contributed by atoms with E-state index in [2.05, 4.69) is 15.0 Å². The van der Waals surface area contributed by atoms with Gasteiger partial charge in [-0.15, -0.1) is 0 Å². The number of halogens is 2. The number of imidazole rings is 1. The average molecular weight is 278 g/mol. The highest BCUT2D eigenvalue weighted by molar-refractivity contribution is 5.74. The number of aromatic amines is 3. The maximum absolute atomic E-state index is 13.8. The van der Waals surface area contributed by atoms with Crippen LogP contribution in [-0.4, -0.2) is 19.9 Å². The number of fused-ring (bicyclic) bond motifs is 1. The van der Waals surface area contributed by atoms with Gasteiger partial charge in [-0.1, -0.05) is 0 Å². The molecule has 0 saturated carbocycles. The highest BCUT2D eigenvalue weighted by atomic mass is 19.1. The molecule has 0 amide bonds. The van der Waals surface area contributed by atoms with Crippen LogP contribution in [0.5, 0.6) is 0 Å². The summed E-state index contributed by atoms with van der Waals surface area (Å²) < 4.78 is 27.0. The van der Waals surface area contributed by atoms with Crippen molar-refractivity contribution >= 4 is 11.2 Å². The van der Waals surface area contributed by atoms with Gasteiger partial charge in [-0.2, -0.15) is 0 Å². The van der Waals surface area contributed by atoms with Crippen LogP contribution in [0.15, 0.2) is 21.7 Å². The number of benzene rings is 1. The Kier molecular flexibility index (Phi) is 2.53. The van der Waals surface area contributed by atoms with Gasteiger partial charge in [0.15, 0.2) is 5.65 Å². The number of aryl methyl sites for hydroxylation is 1. The normalized spacial score (nSPS) is 11.2. The van der Waals surface area contributed by atoms with Crippen molar-refractivity contribution in [2.24, 2.45) is 0 Å². The highest BCUT2D eigenvalue weighted by Crippen LogP contribution is 2.23. The lowest BCUT2D eigenvalue weighted by Crippen LogP contribution is -2.21. The lowest BCUT2D eigenvalue weighted by Gasteiger charge is -2.02. The third kappa shape index (κ3) is 1.81. The Morgan fingerprint density at radius 2 is 1.80 bits per heavy atom. The zero-order valence-electron chi connectivity index (χ0n) is 10.2. The molecule has 0 radical (unpaired) electrons. The molecule has 2 heterocycles. The molecule has 0 saturated heterocycles. The first-order valence-corrected chi connectivity index (χ1v) is 5.64. The predicted molar refractivity (Wildman–Crippen MR) is 67.4 cm³/mol. The second-order valence-electron chi connectivity index (χ2n) is 4.30. The van der Waals surface area contributed by atoms with Crippen LogP contribution >= 0.6 is 0 Å². The molecule has 6 nitrogen and oxygen atoms in total. The highest BCUT2D eigenvalue weighted by Gasteiger charge is 2.14. The van der Waals surface area contributed by atoms with Crippen molar-refractivity contribution in [1.29, 1.82) is 0 Å². The third-order valence-corrected chi connectivity index (χ3v) is 2.89. The van der Waals surface area contributed by atoms with Crippen molar-refractivity contribution in [3.8, 4) is 11.4 Å². The molecule has 3 N–H and O–H groups in total. The quantitative estimate of drug-likeness (QED) is 0.624. The minimum atomic E-state index is -0.814. The van der Waals surface area contributed by atoms with E-state index in [-0.39, 0.29) is 28.1 Å². The van der Waals surface area contributed by atoms with E-state index in [0.29, 0.717) is 0 Å². The van der Waals surface area contributed by atoms with Crippen LogP contribution in [0, 0.1) is 18.6 Å². The molecule has 0 aliphatic heterocycles. The molecule has 0 aliphatic carbocycles. The van der Waals surface area contributed by atoms with E-state index in [1.165, 1.54) is 13.0 Å². The van der Waals surface area contributed by atoms with Crippen molar-refractivity contribution in [3.05, 3.63) is 50.2 Å². The van der Waals surface area contributed by atoms with Crippen molar-refractivity contribution in [2.45, 2.75) is 6.92 Å². The first-order chi connectivity index (χ1) is 9.45. The van der Waals surface area contributed by atoms with Crippen molar-refractivity contribution in [3.63, 3.8) is 0 Å². The van der Waals surface area contributed by atoms with E-state index in [9.17, 15) is 18.4 Å². The Morgan fingerprint density at radius 3 is 2.55 bits per heavy atom. The average Bonchev–Trinajstić information content (AvgIpc) is 2.77. The molecule has 0 unspecified atom stereocenters. The van der Waals surface area contributed by atoms with Crippen LogP contribution in [0.2, 0.25) is 0 Å². The fraction of sp³-hybridized carbons (Fsp3) is 0.0833. The third-order valence-electron chi connectivity index (χ3n) is 2.89. The van der Waals surface area contributed by atoms with Crippen LogP contribution < -0.4 is 11.2 Å². The molecule has 3 rings (SSSR count). The number of hydrogen-bond donors (Lipinski definition) is 3. The summed E-state index contributed by atoms with van der Waals surface area (Å²) in [5.41, 5.74) is -1.10.